The zero-order valence-electron chi connectivity index (χ0n) is 25.5. The van der Waals surface area contributed by atoms with E-state index in [1.54, 1.807) is 18.6 Å². The second-order valence-electron chi connectivity index (χ2n) is 10.7. The van der Waals surface area contributed by atoms with E-state index in [4.69, 9.17) is 13.6 Å². The minimum absolute atomic E-state index is 0.274. The average Bonchev–Trinajstić information content (AvgIpc) is 3.81. The molecular weight excluding hydrogens is 544 g/mol. The smallest absolute Gasteiger partial charge is 0.276 e. The summed E-state index contributed by atoms with van der Waals surface area (Å²) in [6.07, 6.45) is 5.12. The fraction of sp³-hybridized carbons (Fsp3) is 0.312. The van der Waals surface area contributed by atoms with Gasteiger partial charge in [0.1, 0.15) is 5.69 Å². The number of benzene rings is 1. The van der Waals surface area contributed by atoms with Gasteiger partial charge in [0.15, 0.2) is 17.5 Å². The molecule has 0 aliphatic carbocycles. The summed E-state index contributed by atoms with van der Waals surface area (Å²) in [6.45, 7) is 14.2. The number of hydrogen-bond donors (Lipinski definition) is 0. The molecular formula is C32H36N8O3. The number of aryl methyl sites for hydroxylation is 1. The molecule has 11 nitrogen and oxygen atoms in total. The van der Waals surface area contributed by atoms with Crippen LogP contribution >= 0.6 is 0 Å². The summed E-state index contributed by atoms with van der Waals surface area (Å²) in [4.78, 5) is 20.9. The molecule has 0 aliphatic rings. The molecule has 0 saturated carbocycles. The van der Waals surface area contributed by atoms with Crippen molar-refractivity contribution in [1.82, 2.24) is 40.4 Å². The lowest BCUT2D eigenvalue weighted by atomic mass is 10.1. The lowest BCUT2D eigenvalue weighted by Crippen LogP contribution is -1.89. The van der Waals surface area contributed by atoms with E-state index in [9.17, 15) is 0 Å². The van der Waals surface area contributed by atoms with Crippen LogP contribution in [-0.2, 0) is 0 Å². The van der Waals surface area contributed by atoms with E-state index >= 15 is 0 Å². The van der Waals surface area contributed by atoms with Crippen molar-refractivity contribution in [3.8, 4) is 34.5 Å². The predicted molar refractivity (Wildman–Crippen MR) is 162 cm³/mol. The summed E-state index contributed by atoms with van der Waals surface area (Å²) in [5.41, 5.74) is 3.76. The standard InChI is InChI=1S/C12H14N2O.2C10H11N3O/c1-8(2)11-13-12(15-14-11)10-6-4-9(3)5-7-10;1-7(2)9-12-10(14-13-9)8-4-3-5-11-6-8;1-7(2)9-12-10(14-13-9)8-5-3-4-6-11-8/h4-8H,1-3H3;2*3-7H,1-2H3. The molecule has 0 atom stereocenters. The van der Waals surface area contributed by atoms with Crippen LogP contribution in [0, 0.1) is 6.92 Å². The first-order valence-electron chi connectivity index (χ1n) is 14.1. The highest BCUT2D eigenvalue weighted by Gasteiger charge is 2.13. The van der Waals surface area contributed by atoms with Crippen LogP contribution in [0.15, 0.2) is 86.8 Å². The molecule has 5 aromatic heterocycles. The zero-order valence-corrected chi connectivity index (χ0v) is 25.5. The molecule has 11 heteroatoms. The highest BCUT2D eigenvalue weighted by atomic mass is 16.5. The Morgan fingerprint density at radius 2 is 1.07 bits per heavy atom. The first kappa shape index (κ1) is 30.9. The van der Waals surface area contributed by atoms with E-state index in [0.29, 0.717) is 35.1 Å². The lowest BCUT2D eigenvalue weighted by molar-refractivity contribution is 0.418. The number of nitrogens with zero attached hydrogens (tertiary/aromatic N) is 8. The molecule has 222 valence electrons. The van der Waals surface area contributed by atoms with Crippen LogP contribution < -0.4 is 0 Å². The van der Waals surface area contributed by atoms with E-state index in [-0.39, 0.29) is 11.8 Å². The van der Waals surface area contributed by atoms with Crippen molar-refractivity contribution in [2.45, 2.75) is 66.2 Å². The molecule has 0 spiro atoms. The molecule has 0 radical (unpaired) electrons. The topological polar surface area (TPSA) is 143 Å². The maximum absolute atomic E-state index is 5.19. The SMILES string of the molecule is CC(C)c1noc(-c2ccccn2)n1.CC(C)c1noc(-c2cccnc2)n1.Cc1ccc(-c2nc(C(C)C)no2)cc1. The maximum Gasteiger partial charge on any atom is 0.276 e. The van der Waals surface area contributed by atoms with Gasteiger partial charge in [-0.15, -0.1) is 0 Å². The molecule has 5 heterocycles. The first-order valence-corrected chi connectivity index (χ1v) is 14.1. The normalized spacial score (nSPS) is 10.8. The number of hydrogen-bond acceptors (Lipinski definition) is 11. The summed E-state index contributed by atoms with van der Waals surface area (Å²) in [5.74, 6) is 4.66. The fourth-order valence-electron chi connectivity index (χ4n) is 3.42. The molecule has 0 amide bonds. The van der Waals surface area contributed by atoms with Crippen LogP contribution in [0.25, 0.3) is 34.5 Å². The third-order valence-electron chi connectivity index (χ3n) is 5.97. The summed E-state index contributed by atoms with van der Waals surface area (Å²) < 4.78 is 15.4. The van der Waals surface area contributed by atoms with Gasteiger partial charge in [0.25, 0.3) is 17.7 Å². The predicted octanol–water partition coefficient (Wildman–Crippen LogP) is 7.68. The van der Waals surface area contributed by atoms with Gasteiger partial charge in [0.2, 0.25) is 0 Å². The average molecular weight is 581 g/mol. The Hall–Kier alpha value is -5.06. The molecule has 0 N–H and O–H groups in total. The molecule has 1 aromatic carbocycles. The van der Waals surface area contributed by atoms with Gasteiger partial charge in [0.05, 0.1) is 5.56 Å². The zero-order chi connectivity index (χ0) is 30.8. The fourth-order valence-corrected chi connectivity index (χ4v) is 3.42. The van der Waals surface area contributed by atoms with Crippen LogP contribution in [0.5, 0.6) is 0 Å². The van der Waals surface area contributed by atoms with Crippen molar-refractivity contribution in [2.75, 3.05) is 0 Å². The van der Waals surface area contributed by atoms with Crippen molar-refractivity contribution >= 4 is 0 Å². The molecule has 0 aliphatic heterocycles. The van der Waals surface area contributed by atoms with Crippen LogP contribution in [0.4, 0.5) is 0 Å². The highest BCUT2D eigenvalue weighted by Crippen LogP contribution is 2.21. The Balaban J connectivity index is 0.000000148. The second-order valence-corrected chi connectivity index (χ2v) is 10.7. The number of pyridine rings is 2. The monoisotopic (exact) mass is 580 g/mol. The third kappa shape index (κ3) is 8.71. The van der Waals surface area contributed by atoms with Crippen LogP contribution in [0.1, 0.15) is 82.3 Å². The molecule has 0 unspecified atom stereocenters. The Labute approximate surface area is 250 Å². The minimum atomic E-state index is 0.274. The number of rotatable bonds is 6. The Morgan fingerprint density at radius 1 is 0.535 bits per heavy atom. The van der Waals surface area contributed by atoms with Crippen molar-refractivity contribution < 1.29 is 13.6 Å². The molecule has 0 fully saturated rings. The van der Waals surface area contributed by atoms with E-state index in [0.717, 1.165) is 22.8 Å². The number of aromatic nitrogens is 8. The Bertz CT molecular complexity index is 1580. The van der Waals surface area contributed by atoms with E-state index in [2.05, 4.69) is 47.3 Å². The van der Waals surface area contributed by atoms with Gasteiger partial charge in [-0.3, -0.25) is 9.97 Å². The molecule has 43 heavy (non-hydrogen) atoms. The summed E-state index contributed by atoms with van der Waals surface area (Å²) in [7, 11) is 0. The van der Waals surface area contributed by atoms with E-state index in [1.807, 2.05) is 96.1 Å². The van der Waals surface area contributed by atoms with Crippen molar-refractivity contribution in [3.63, 3.8) is 0 Å². The molecule has 0 saturated heterocycles. The quantitative estimate of drug-likeness (QED) is 0.191. The largest absolute Gasteiger partial charge is 0.334 e. The summed E-state index contributed by atoms with van der Waals surface area (Å²) in [5, 5.41) is 11.7. The highest BCUT2D eigenvalue weighted by molar-refractivity contribution is 5.53. The van der Waals surface area contributed by atoms with Crippen LogP contribution in [-0.4, -0.2) is 40.4 Å². The summed E-state index contributed by atoms with van der Waals surface area (Å²) >= 11 is 0. The minimum Gasteiger partial charge on any atom is -0.334 e. The molecule has 0 bridgehead atoms. The van der Waals surface area contributed by atoms with Gasteiger partial charge in [-0.05, 0) is 43.3 Å². The van der Waals surface area contributed by atoms with Gasteiger partial charge in [-0.25, -0.2) is 0 Å². The van der Waals surface area contributed by atoms with E-state index < -0.39 is 0 Å². The second kappa shape index (κ2) is 14.7. The van der Waals surface area contributed by atoms with Crippen molar-refractivity contribution in [1.29, 1.82) is 0 Å². The molecule has 6 rings (SSSR count). The van der Waals surface area contributed by atoms with Gasteiger partial charge in [-0.1, -0.05) is 80.8 Å². The van der Waals surface area contributed by atoms with Crippen molar-refractivity contribution in [2.24, 2.45) is 0 Å². The van der Waals surface area contributed by atoms with Crippen LogP contribution in [0.3, 0.4) is 0 Å². The lowest BCUT2D eigenvalue weighted by Gasteiger charge is -1.95. The first-order chi connectivity index (χ1) is 20.7. The van der Waals surface area contributed by atoms with Gasteiger partial charge < -0.3 is 13.6 Å². The maximum atomic E-state index is 5.19. The van der Waals surface area contributed by atoms with Gasteiger partial charge in [-0.2, -0.15) is 15.0 Å². The van der Waals surface area contributed by atoms with Gasteiger partial charge >= 0.3 is 0 Å². The third-order valence-corrected chi connectivity index (χ3v) is 5.97. The Morgan fingerprint density at radius 3 is 1.53 bits per heavy atom. The van der Waals surface area contributed by atoms with Crippen LogP contribution in [0.2, 0.25) is 0 Å². The van der Waals surface area contributed by atoms with E-state index in [1.165, 1.54) is 5.56 Å². The van der Waals surface area contributed by atoms with Crippen molar-refractivity contribution in [3.05, 3.63) is 96.2 Å². The Kier molecular flexibility index (Phi) is 10.6. The summed E-state index contributed by atoms with van der Waals surface area (Å²) in [6, 6.07) is 17.4. The molecule has 6 aromatic rings. The van der Waals surface area contributed by atoms with Gasteiger partial charge in [0, 0.05) is 41.9 Å².